The number of carbonyl (C=O) groups excluding carboxylic acids is 2. The minimum atomic E-state index is -3.13. The standard InChI is InChI=1S/C17H21F2NO3/c1-2-23-16(22)10-15(21)14-8-9-20(12-17(14,18)19)11-13-6-4-3-5-7-13/h3-7,14H,2,8-12H2,1H3. The van der Waals surface area contributed by atoms with E-state index < -0.39 is 36.6 Å². The van der Waals surface area contributed by atoms with E-state index in [2.05, 4.69) is 4.74 Å². The number of esters is 1. The number of hydrogen-bond acceptors (Lipinski definition) is 4. The normalized spacial score (nSPS) is 20.9. The minimum absolute atomic E-state index is 0.0536. The molecule has 0 amide bonds. The Morgan fingerprint density at radius 2 is 2.00 bits per heavy atom. The van der Waals surface area contributed by atoms with Gasteiger partial charge in [-0.25, -0.2) is 8.78 Å². The molecule has 1 fully saturated rings. The van der Waals surface area contributed by atoms with Gasteiger partial charge in [-0.05, 0) is 25.5 Å². The molecule has 126 valence electrons. The van der Waals surface area contributed by atoms with Gasteiger partial charge in [-0.3, -0.25) is 14.5 Å². The Balaban J connectivity index is 1.94. The van der Waals surface area contributed by atoms with Crippen molar-refractivity contribution in [3.05, 3.63) is 35.9 Å². The molecule has 0 N–H and O–H groups in total. The van der Waals surface area contributed by atoms with Gasteiger partial charge in [0, 0.05) is 6.54 Å². The van der Waals surface area contributed by atoms with Crippen LogP contribution in [-0.2, 0) is 20.9 Å². The molecule has 23 heavy (non-hydrogen) atoms. The third-order valence-electron chi connectivity index (χ3n) is 3.94. The summed E-state index contributed by atoms with van der Waals surface area (Å²) in [7, 11) is 0. The fraction of sp³-hybridized carbons (Fsp3) is 0.529. The molecule has 4 nitrogen and oxygen atoms in total. The largest absolute Gasteiger partial charge is 0.466 e. The molecule has 1 aliphatic heterocycles. The average molecular weight is 325 g/mol. The van der Waals surface area contributed by atoms with Gasteiger partial charge in [0.2, 0.25) is 0 Å². The molecule has 1 atom stereocenters. The Morgan fingerprint density at radius 3 is 2.61 bits per heavy atom. The van der Waals surface area contributed by atoms with E-state index >= 15 is 0 Å². The van der Waals surface area contributed by atoms with Gasteiger partial charge in [0.15, 0.2) is 5.78 Å². The molecular weight excluding hydrogens is 304 g/mol. The van der Waals surface area contributed by atoms with Crippen molar-refractivity contribution in [3.63, 3.8) is 0 Å². The van der Waals surface area contributed by atoms with Crippen LogP contribution in [0.2, 0.25) is 0 Å². The zero-order valence-corrected chi connectivity index (χ0v) is 13.1. The first-order valence-corrected chi connectivity index (χ1v) is 7.75. The van der Waals surface area contributed by atoms with Crippen LogP contribution in [0.25, 0.3) is 0 Å². The lowest BCUT2D eigenvalue weighted by molar-refractivity contribution is -0.156. The maximum atomic E-state index is 14.3. The first-order chi connectivity index (χ1) is 10.9. The van der Waals surface area contributed by atoms with Gasteiger partial charge in [0.1, 0.15) is 6.42 Å². The third kappa shape index (κ3) is 4.82. The van der Waals surface area contributed by atoms with Gasteiger partial charge in [-0.2, -0.15) is 0 Å². The van der Waals surface area contributed by atoms with Crippen LogP contribution in [0.3, 0.4) is 0 Å². The first-order valence-electron chi connectivity index (χ1n) is 7.75. The van der Waals surface area contributed by atoms with Crippen LogP contribution in [0.5, 0.6) is 0 Å². The van der Waals surface area contributed by atoms with E-state index in [1.807, 2.05) is 30.3 Å². The molecule has 0 bridgehead atoms. The van der Waals surface area contributed by atoms with Crippen molar-refractivity contribution < 1.29 is 23.1 Å². The first kappa shape index (κ1) is 17.5. The topological polar surface area (TPSA) is 46.6 Å². The number of alkyl halides is 2. The Labute approximate surface area is 134 Å². The SMILES string of the molecule is CCOC(=O)CC(=O)C1CCN(Cc2ccccc2)CC1(F)F. The molecule has 0 saturated carbocycles. The van der Waals surface area contributed by atoms with Crippen LogP contribution in [-0.4, -0.2) is 42.3 Å². The Morgan fingerprint density at radius 1 is 1.30 bits per heavy atom. The second-order valence-electron chi connectivity index (χ2n) is 5.75. The van der Waals surface area contributed by atoms with E-state index in [4.69, 9.17) is 0 Å². The van der Waals surface area contributed by atoms with Crippen molar-refractivity contribution in [1.82, 2.24) is 4.90 Å². The predicted molar refractivity (Wildman–Crippen MR) is 81.0 cm³/mol. The van der Waals surface area contributed by atoms with E-state index in [0.29, 0.717) is 13.1 Å². The molecule has 1 aromatic carbocycles. The number of hydrogen-bond donors (Lipinski definition) is 0. The van der Waals surface area contributed by atoms with Gasteiger partial charge in [-0.15, -0.1) is 0 Å². The fourth-order valence-corrected chi connectivity index (χ4v) is 2.86. The van der Waals surface area contributed by atoms with E-state index in [9.17, 15) is 18.4 Å². The molecule has 0 aromatic heterocycles. The summed E-state index contributed by atoms with van der Waals surface area (Å²) in [4.78, 5) is 24.9. The second-order valence-corrected chi connectivity index (χ2v) is 5.75. The van der Waals surface area contributed by atoms with Crippen molar-refractivity contribution in [2.45, 2.75) is 32.2 Å². The molecule has 0 aliphatic carbocycles. The maximum Gasteiger partial charge on any atom is 0.313 e. The highest BCUT2D eigenvalue weighted by atomic mass is 19.3. The third-order valence-corrected chi connectivity index (χ3v) is 3.94. The Bertz CT molecular complexity index is 548. The average Bonchev–Trinajstić information content (AvgIpc) is 2.47. The number of carbonyl (C=O) groups is 2. The summed E-state index contributed by atoms with van der Waals surface area (Å²) in [5, 5.41) is 0. The summed E-state index contributed by atoms with van der Waals surface area (Å²) in [6.07, 6.45) is -0.523. The van der Waals surface area contributed by atoms with Crippen LogP contribution in [0.1, 0.15) is 25.3 Å². The van der Waals surface area contributed by atoms with Crippen molar-refractivity contribution in [2.24, 2.45) is 5.92 Å². The monoisotopic (exact) mass is 325 g/mol. The summed E-state index contributed by atoms with van der Waals surface area (Å²) >= 11 is 0. The summed E-state index contributed by atoms with van der Waals surface area (Å²) in [6.45, 7) is 2.11. The quantitative estimate of drug-likeness (QED) is 0.596. The number of ketones is 1. The number of rotatable bonds is 6. The summed E-state index contributed by atoms with van der Waals surface area (Å²) in [6, 6.07) is 9.37. The number of benzene rings is 1. The lowest BCUT2D eigenvalue weighted by Gasteiger charge is -2.37. The summed E-state index contributed by atoms with van der Waals surface area (Å²) in [5.74, 6) is -6.00. The Hall–Kier alpha value is -1.82. The van der Waals surface area contributed by atoms with Gasteiger partial charge in [0.05, 0.1) is 19.1 Å². The molecule has 0 spiro atoms. The highest BCUT2D eigenvalue weighted by Gasteiger charge is 2.48. The molecule has 1 saturated heterocycles. The number of likely N-dealkylation sites (tertiary alicyclic amines) is 1. The zero-order chi connectivity index (χ0) is 16.9. The zero-order valence-electron chi connectivity index (χ0n) is 13.1. The van der Waals surface area contributed by atoms with Gasteiger partial charge >= 0.3 is 5.97 Å². The molecule has 6 heteroatoms. The number of nitrogens with zero attached hydrogens (tertiary/aromatic N) is 1. The second kappa shape index (κ2) is 7.64. The number of ether oxygens (including phenoxy) is 1. The summed E-state index contributed by atoms with van der Waals surface area (Å²) in [5.41, 5.74) is 0.958. The lowest BCUT2D eigenvalue weighted by atomic mass is 9.87. The fourth-order valence-electron chi connectivity index (χ4n) is 2.86. The van der Waals surface area contributed by atoms with Crippen molar-refractivity contribution in [3.8, 4) is 0 Å². The van der Waals surface area contributed by atoms with Gasteiger partial charge in [-0.1, -0.05) is 30.3 Å². The van der Waals surface area contributed by atoms with Crippen LogP contribution in [0.15, 0.2) is 30.3 Å². The molecule has 1 heterocycles. The number of piperidine rings is 1. The van der Waals surface area contributed by atoms with Crippen LogP contribution >= 0.6 is 0 Å². The predicted octanol–water partition coefficient (Wildman–Crippen LogP) is 2.67. The van der Waals surface area contributed by atoms with E-state index in [-0.39, 0.29) is 13.0 Å². The number of halogens is 2. The molecule has 1 aromatic rings. The molecule has 0 radical (unpaired) electrons. The smallest absolute Gasteiger partial charge is 0.313 e. The van der Waals surface area contributed by atoms with Gasteiger partial charge in [0.25, 0.3) is 5.92 Å². The van der Waals surface area contributed by atoms with Crippen molar-refractivity contribution >= 4 is 11.8 Å². The number of Topliss-reactive ketones (excluding diaryl/α,β-unsaturated/α-hetero) is 1. The van der Waals surface area contributed by atoms with Crippen molar-refractivity contribution in [1.29, 1.82) is 0 Å². The van der Waals surface area contributed by atoms with Crippen LogP contribution < -0.4 is 0 Å². The van der Waals surface area contributed by atoms with E-state index in [0.717, 1.165) is 5.56 Å². The highest BCUT2D eigenvalue weighted by Crippen LogP contribution is 2.34. The highest BCUT2D eigenvalue weighted by molar-refractivity contribution is 5.97. The lowest BCUT2D eigenvalue weighted by Crippen LogP contribution is -2.51. The Kier molecular flexibility index (Phi) is 5.82. The molecule has 1 aliphatic rings. The van der Waals surface area contributed by atoms with Gasteiger partial charge < -0.3 is 4.74 Å². The minimum Gasteiger partial charge on any atom is -0.466 e. The maximum absolute atomic E-state index is 14.3. The molecule has 2 rings (SSSR count). The van der Waals surface area contributed by atoms with Crippen LogP contribution in [0.4, 0.5) is 8.78 Å². The van der Waals surface area contributed by atoms with E-state index in [1.165, 1.54) is 0 Å². The molecular formula is C17H21F2NO3. The van der Waals surface area contributed by atoms with Crippen LogP contribution in [0, 0.1) is 5.92 Å². The van der Waals surface area contributed by atoms with E-state index in [1.54, 1.807) is 11.8 Å². The van der Waals surface area contributed by atoms with Crippen molar-refractivity contribution in [2.75, 3.05) is 19.7 Å². The molecule has 1 unspecified atom stereocenters. The summed E-state index contributed by atoms with van der Waals surface area (Å²) < 4.78 is 33.2.